The van der Waals surface area contributed by atoms with Gasteiger partial charge in [-0.1, -0.05) is 18.2 Å². The fourth-order valence-electron chi connectivity index (χ4n) is 4.23. The zero-order chi connectivity index (χ0) is 19.9. The topological polar surface area (TPSA) is 43.9 Å². The second-order valence-corrected chi connectivity index (χ2v) is 7.55. The Morgan fingerprint density at radius 3 is 2.11 bits per heavy atom. The molecular weight excluding hydrogens is 371 g/mol. The van der Waals surface area contributed by atoms with E-state index < -0.39 is 11.7 Å². The predicted molar refractivity (Wildman–Crippen MR) is 97.3 cm³/mol. The number of hydrogen-bond acceptors (Lipinski definition) is 4. The van der Waals surface area contributed by atoms with Crippen molar-refractivity contribution in [2.45, 2.75) is 19.0 Å². The molecule has 0 bridgehead atoms. The minimum absolute atomic E-state index is 0.0975. The Morgan fingerprint density at radius 1 is 0.929 bits per heavy atom. The maximum Gasteiger partial charge on any atom is 0.416 e. The monoisotopic (exact) mass is 393 g/mol. The lowest BCUT2D eigenvalue weighted by atomic mass is 9.85. The Balaban J connectivity index is 1.36. The molecular formula is C20H22F3N3O2. The summed E-state index contributed by atoms with van der Waals surface area (Å²) < 4.78 is 38.8. The second-order valence-electron chi connectivity index (χ2n) is 7.55. The number of likely N-dealkylation sites (tertiary alicyclic amines) is 1. The fraction of sp³-hybridized carbons (Fsp3) is 0.500. The number of alkyl halides is 3. The summed E-state index contributed by atoms with van der Waals surface area (Å²) in [6.07, 6.45) is 0.803. The van der Waals surface area contributed by atoms with Crippen LogP contribution in [0.15, 0.2) is 36.4 Å². The van der Waals surface area contributed by atoms with Gasteiger partial charge in [0.2, 0.25) is 11.8 Å². The maximum absolute atomic E-state index is 12.9. The van der Waals surface area contributed by atoms with Crippen LogP contribution < -0.4 is 4.90 Å². The number of fused-ring (bicyclic) bond motifs is 1. The molecule has 2 amide bonds. The largest absolute Gasteiger partial charge is 0.416 e. The maximum atomic E-state index is 12.9. The van der Waals surface area contributed by atoms with E-state index in [0.717, 1.165) is 6.07 Å². The quantitative estimate of drug-likeness (QED) is 0.585. The molecule has 0 radical (unpaired) electrons. The zero-order valence-corrected chi connectivity index (χ0v) is 15.4. The molecule has 0 aromatic heterocycles. The van der Waals surface area contributed by atoms with Crippen LogP contribution in [-0.4, -0.2) is 54.5 Å². The molecule has 2 saturated heterocycles. The van der Waals surface area contributed by atoms with E-state index >= 15 is 0 Å². The highest BCUT2D eigenvalue weighted by Crippen LogP contribution is 2.35. The highest BCUT2D eigenvalue weighted by Gasteiger charge is 2.47. The first-order valence-corrected chi connectivity index (χ1v) is 9.49. The van der Waals surface area contributed by atoms with Gasteiger partial charge in [0, 0.05) is 31.9 Å². The van der Waals surface area contributed by atoms with Crippen molar-refractivity contribution in [2.75, 3.05) is 37.7 Å². The molecule has 2 atom stereocenters. The van der Waals surface area contributed by atoms with E-state index in [4.69, 9.17) is 0 Å². The van der Waals surface area contributed by atoms with E-state index in [-0.39, 0.29) is 30.3 Å². The van der Waals surface area contributed by atoms with Gasteiger partial charge in [0.1, 0.15) is 0 Å². The van der Waals surface area contributed by atoms with E-state index in [2.05, 4.69) is 0 Å². The summed E-state index contributed by atoms with van der Waals surface area (Å²) in [6, 6.07) is 5.33. The van der Waals surface area contributed by atoms with Crippen molar-refractivity contribution in [2.24, 2.45) is 11.8 Å². The minimum Gasteiger partial charge on any atom is -0.369 e. The number of allylic oxidation sites excluding steroid dienone is 2. The third-order valence-electron chi connectivity index (χ3n) is 5.85. The third-order valence-corrected chi connectivity index (χ3v) is 5.85. The lowest BCUT2D eigenvalue weighted by molar-refractivity contribution is -0.142. The Labute approximate surface area is 161 Å². The molecule has 3 aliphatic rings. The first kappa shape index (κ1) is 19.0. The van der Waals surface area contributed by atoms with E-state index in [1.807, 2.05) is 22.0 Å². The molecule has 5 nitrogen and oxygen atoms in total. The summed E-state index contributed by atoms with van der Waals surface area (Å²) in [5, 5.41) is 0. The number of carbonyl (C=O) groups excluding carboxylic acids is 2. The van der Waals surface area contributed by atoms with Crippen molar-refractivity contribution in [1.29, 1.82) is 0 Å². The summed E-state index contributed by atoms with van der Waals surface area (Å²) in [5.41, 5.74) is -0.114. The molecule has 2 heterocycles. The molecule has 2 fully saturated rings. The van der Waals surface area contributed by atoms with Crippen LogP contribution >= 0.6 is 0 Å². The smallest absolute Gasteiger partial charge is 0.369 e. The van der Waals surface area contributed by atoms with Crippen LogP contribution in [0.4, 0.5) is 18.9 Å². The van der Waals surface area contributed by atoms with Crippen LogP contribution in [0.25, 0.3) is 0 Å². The summed E-state index contributed by atoms with van der Waals surface area (Å²) in [7, 11) is 0. The number of imide groups is 1. The van der Waals surface area contributed by atoms with Crippen molar-refractivity contribution in [3.05, 3.63) is 42.0 Å². The average molecular weight is 393 g/mol. The molecule has 0 saturated carbocycles. The van der Waals surface area contributed by atoms with E-state index in [1.165, 1.54) is 17.0 Å². The Kier molecular flexibility index (Phi) is 4.91. The molecule has 28 heavy (non-hydrogen) atoms. The van der Waals surface area contributed by atoms with Crippen LogP contribution in [-0.2, 0) is 15.8 Å². The number of carbonyl (C=O) groups is 2. The van der Waals surface area contributed by atoms with Gasteiger partial charge in [0.15, 0.2) is 0 Å². The number of halogens is 3. The molecule has 2 aliphatic heterocycles. The summed E-state index contributed by atoms with van der Waals surface area (Å²) in [4.78, 5) is 30.4. The summed E-state index contributed by atoms with van der Waals surface area (Å²) in [5.74, 6) is -0.660. The van der Waals surface area contributed by atoms with Crippen LogP contribution in [0, 0.1) is 11.8 Å². The van der Waals surface area contributed by atoms with Crippen LogP contribution in [0.5, 0.6) is 0 Å². The lowest BCUT2D eigenvalue weighted by Crippen LogP contribution is -2.51. The van der Waals surface area contributed by atoms with Crippen molar-refractivity contribution >= 4 is 17.5 Å². The molecule has 0 unspecified atom stereocenters. The third kappa shape index (κ3) is 3.53. The number of anilines is 1. The molecule has 0 spiro atoms. The minimum atomic E-state index is -4.36. The van der Waals surface area contributed by atoms with E-state index in [9.17, 15) is 22.8 Å². The second kappa shape index (κ2) is 7.24. The average Bonchev–Trinajstić information content (AvgIpc) is 2.93. The molecule has 4 rings (SSSR count). The van der Waals surface area contributed by atoms with Crippen molar-refractivity contribution < 1.29 is 22.8 Å². The Hall–Kier alpha value is -2.35. The fourth-order valence-corrected chi connectivity index (χ4v) is 4.23. The van der Waals surface area contributed by atoms with Gasteiger partial charge in [-0.15, -0.1) is 0 Å². The number of benzene rings is 1. The van der Waals surface area contributed by atoms with Crippen LogP contribution in [0.2, 0.25) is 0 Å². The van der Waals surface area contributed by atoms with Gasteiger partial charge in [-0.3, -0.25) is 19.4 Å². The van der Waals surface area contributed by atoms with Gasteiger partial charge in [0.05, 0.1) is 24.1 Å². The van der Waals surface area contributed by atoms with Gasteiger partial charge in [-0.2, -0.15) is 13.2 Å². The van der Waals surface area contributed by atoms with Crippen molar-refractivity contribution in [3.8, 4) is 0 Å². The first-order valence-electron chi connectivity index (χ1n) is 9.49. The SMILES string of the molecule is O=C1[C@H]2CC=CC[C@H]2C(=O)N1CN1CCN(c2cccc(C(F)(F)F)c2)CC1. The molecule has 1 aromatic carbocycles. The number of amides is 2. The van der Waals surface area contributed by atoms with Gasteiger partial charge in [-0.05, 0) is 31.0 Å². The predicted octanol–water partition coefficient (Wildman–Crippen LogP) is 2.74. The Morgan fingerprint density at radius 2 is 1.54 bits per heavy atom. The van der Waals surface area contributed by atoms with Gasteiger partial charge >= 0.3 is 6.18 Å². The standard InChI is InChI=1S/C20H22F3N3O2/c21-20(22,23)14-4-3-5-15(12-14)25-10-8-24(9-11-25)13-26-18(27)16-6-1-2-7-17(16)19(26)28/h1-5,12,16-17H,6-11,13H2/t16-,17+. The Bertz CT molecular complexity index is 774. The summed E-state index contributed by atoms with van der Waals surface area (Å²) in [6.45, 7) is 2.53. The number of piperazine rings is 1. The molecule has 0 N–H and O–H groups in total. The van der Waals surface area contributed by atoms with E-state index in [1.54, 1.807) is 6.07 Å². The molecule has 8 heteroatoms. The number of hydrogen-bond donors (Lipinski definition) is 0. The van der Waals surface area contributed by atoms with Gasteiger partial charge in [0.25, 0.3) is 0 Å². The number of nitrogens with zero attached hydrogens (tertiary/aromatic N) is 3. The number of rotatable bonds is 3. The van der Waals surface area contributed by atoms with E-state index in [0.29, 0.717) is 44.7 Å². The highest BCUT2D eigenvalue weighted by molar-refractivity contribution is 6.05. The van der Waals surface area contributed by atoms with Crippen LogP contribution in [0.1, 0.15) is 18.4 Å². The molecule has 150 valence electrons. The normalized spacial score (nSPS) is 26.1. The highest BCUT2D eigenvalue weighted by atomic mass is 19.4. The van der Waals surface area contributed by atoms with Crippen LogP contribution in [0.3, 0.4) is 0 Å². The summed E-state index contributed by atoms with van der Waals surface area (Å²) >= 11 is 0. The first-order chi connectivity index (χ1) is 13.3. The van der Waals surface area contributed by atoms with Gasteiger partial charge in [-0.25, -0.2) is 0 Å². The van der Waals surface area contributed by atoms with Crippen molar-refractivity contribution in [3.63, 3.8) is 0 Å². The molecule has 1 aliphatic carbocycles. The van der Waals surface area contributed by atoms with Gasteiger partial charge < -0.3 is 4.90 Å². The zero-order valence-electron chi connectivity index (χ0n) is 15.4. The van der Waals surface area contributed by atoms with Crippen molar-refractivity contribution in [1.82, 2.24) is 9.80 Å². The molecule has 1 aromatic rings. The lowest BCUT2D eigenvalue weighted by Gasteiger charge is -2.37.